The summed E-state index contributed by atoms with van der Waals surface area (Å²) in [7, 11) is 1.74. The number of amides is 2. The van der Waals surface area contributed by atoms with E-state index in [9.17, 15) is 9.59 Å². The second kappa shape index (κ2) is 10.3. The molecule has 0 fully saturated rings. The summed E-state index contributed by atoms with van der Waals surface area (Å²) in [5.74, 6) is -0.402. The molecule has 0 saturated carbocycles. The van der Waals surface area contributed by atoms with Gasteiger partial charge < -0.3 is 10.2 Å². The Morgan fingerprint density at radius 2 is 1.53 bits per heavy atom. The molecule has 3 rings (SSSR count). The number of rotatable bonds is 7. The van der Waals surface area contributed by atoms with E-state index >= 15 is 0 Å². The number of benzene rings is 3. The van der Waals surface area contributed by atoms with Crippen LogP contribution < -0.4 is 5.32 Å². The third-order valence-electron chi connectivity index (χ3n) is 4.76. The van der Waals surface area contributed by atoms with Crippen molar-refractivity contribution in [1.82, 2.24) is 10.2 Å². The van der Waals surface area contributed by atoms with Crippen LogP contribution in [0.4, 0.5) is 0 Å². The van der Waals surface area contributed by atoms with Crippen molar-refractivity contribution < 1.29 is 9.59 Å². The highest BCUT2D eigenvalue weighted by molar-refractivity contribution is 6.33. The number of nitrogens with one attached hydrogen (secondary N) is 1. The predicted octanol–water partition coefficient (Wildman–Crippen LogP) is 5.51. The van der Waals surface area contributed by atoms with Gasteiger partial charge in [0.1, 0.15) is 0 Å². The molecular formula is C24H22Cl2N2O2. The van der Waals surface area contributed by atoms with Crippen LogP contribution in [0.2, 0.25) is 10.0 Å². The van der Waals surface area contributed by atoms with Crippen LogP contribution >= 0.6 is 23.2 Å². The minimum absolute atomic E-state index is 0.0849. The lowest BCUT2D eigenvalue weighted by atomic mass is 10.0. The Balaban J connectivity index is 1.74. The number of halogens is 2. The Morgan fingerprint density at radius 3 is 2.20 bits per heavy atom. The Bertz CT molecular complexity index is 1010. The molecule has 1 N–H and O–H groups in total. The van der Waals surface area contributed by atoms with Gasteiger partial charge in [-0.1, -0.05) is 77.8 Å². The molecule has 0 bridgehead atoms. The molecule has 6 heteroatoms. The average molecular weight is 441 g/mol. The van der Waals surface area contributed by atoms with Gasteiger partial charge in [-0.2, -0.15) is 0 Å². The first-order valence-corrected chi connectivity index (χ1v) is 10.3. The zero-order valence-corrected chi connectivity index (χ0v) is 18.0. The molecule has 0 radical (unpaired) electrons. The van der Waals surface area contributed by atoms with Crippen molar-refractivity contribution in [2.75, 3.05) is 7.05 Å². The Labute approximate surface area is 186 Å². The molecule has 0 aliphatic rings. The first-order valence-electron chi connectivity index (χ1n) is 9.53. The van der Waals surface area contributed by atoms with Gasteiger partial charge in [-0.15, -0.1) is 0 Å². The Morgan fingerprint density at radius 1 is 0.900 bits per heavy atom. The summed E-state index contributed by atoms with van der Waals surface area (Å²) in [6.45, 7) is 0.454. The van der Waals surface area contributed by atoms with Crippen LogP contribution in [0.25, 0.3) is 0 Å². The number of carbonyl (C=O) groups excluding carboxylic acids is 2. The zero-order chi connectivity index (χ0) is 21.5. The van der Waals surface area contributed by atoms with Crippen LogP contribution in [0.5, 0.6) is 0 Å². The van der Waals surface area contributed by atoms with Gasteiger partial charge in [0.15, 0.2) is 0 Å². The molecule has 0 saturated heterocycles. The maximum Gasteiger partial charge on any atom is 0.253 e. The topological polar surface area (TPSA) is 49.4 Å². The van der Waals surface area contributed by atoms with Gasteiger partial charge in [0, 0.05) is 18.6 Å². The van der Waals surface area contributed by atoms with E-state index < -0.39 is 6.04 Å². The minimum atomic E-state index is -0.477. The molecule has 0 spiro atoms. The van der Waals surface area contributed by atoms with E-state index in [-0.39, 0.29) is 18.2 Å². The molecular weight excluding hydrogens is 419 g/mol. The van der Waals surface area contributed by atoms with E-state index in [2.05, 4.69) is 5.32 Å². The lowest BCUT2D eigenvalue weighted by Crippen LogP contribution is -2.34. The SMILES string of the molecule is CN(Cc1ccc(Cl)cc1)C(=O)CC(NC(=O)c1ccccc1Cl)c1ccccc1. The van der Waals surface area contributed by atoms with Crippen LogP contribution in [-0.2, 0) is 11.3 Å². The van der Waals surface area contributed by atoms with Crippen LogP contribution in [0.3, 0.4) is 0 Å². The molecule has 0 heterocycles. The number of nitrogens with zero attached hydrogens (tertiary/aromatic N) is 1. The van der Waals surface area contributed by atoms with Crippen LogP contribution in [0.1, 0.15) is 33.9 Å². The van der Waals surface area contributed by atoms with Gasteiger partial charge >= 0.3 is 0 Å². The normalized spacial score (nSPS) is 11.6. The van der Waals surface area contributed by atoms with Crippen LogP contribution in [0, 0.1) is 0 Å². The second-order valence-corrected chi connectivity index (χ2v) is 7.84. The third-order valence-corrected chi connectivity index (χ3v) is 5.34. The van der Waals surface area contributed by atoms with Gasteiger partial charge in [0.25, 0.3) is 5.91 Å². The molecule has 0 aliphatic carbocycles. The van der Waals surface area contributed by atoms with E-state index in [1.807, 2.05) is 42.5 Å². The van der Waals surface area contributed by atoms with Crippen molar-refractivity contribution in [2.24, 2.45) is 0 Å². The molecule has 154 valence electrons. The molecule has 0 aliphatic heterocycles. The van der Waals surface area contributed by atoms with E-state index in [4.69, 9.17) is 23.2 Å². The van der Waals surface area contributed by atoms with Crippen molar-refractivity contribution in [3.63, 3.8) is 0 Å². The number of carbonyl (C=O) groups is 2. The highest BCUT2D eigenvalue weighted by atomic mass is 35.5. The van der Waals surface area contributed by atoms with Gasteiger partial charge in [-0.05, 0) is 35.4 Å². The Kier molecular flexibility index (Phi) is 7.50. The first kappa shape index (κ1) is 21.9. The molecule has 1 unspecified atom stereocenters. The van der Waals surface area contributed by atoms with Crippen LogP contribution in [-0.4, -0.2) is 23.8 Å². The van der Waals surface area contributed by atoms with Gasteiger partial charge in [0.2, 0.25) is 5.91 Å². The molecule has 3 aromatic carbocycles. The zero-order valence-electron chi connectivity index (χ0n) is 16.5. The molecule has 3 aromatic rings. The van der Waals surface area contributed by atoms with E-state index in [0.29, 0.717) is 22.2 Å². The van der Waals surface area contributed by atoms with Gasteiger partial charge in [-0.25, -0.2) is 0 Å². The van der Waals surface area contributed by atoms with E-state index in [0.717, 1.165) is 11.1 Å². The molecule has 30 heavy (non-hydrogen) atoms. The summed E-state index contributed by atoms with van der Waals surface area (Å²) in [6.07, 6.45) is 0.129. The van der Waals surface area contributed by atoms with Crippen molar-refractivity contribution in [1.29, 1.82) is 0 Å². The summed E-state index contributed by atoms with van der Waals surface area (Å²) < 4.78 is 0. The highest BCUT2D eigenvalue weighted by Gasteiger charge is 2.22. The van der Waals surface area contributed by atoms with E-state index in [1.165, 1.54) is 0 Å². The van der Waals surface area contributed by atoms with Crippen molar-refractivity contribution in [3.05, 3.63) is 106 Å². The molecule has 4 nitrogen and oxygen atoms in total. The van der Waals surface area contributed by atoms with Crippen LogP contribution in [0.15, 0.2) is 78.9 Å². The molecule has 0 aromatic heterocycles. The fourth-order valence-electron chi connectivity index (χ4n) is 3.10. The number of hydrogen-bond acceptors (Lipinski definition) is 2. The van der Waals surface area contributed by atoms with Crippen molar-refractivity contribution in [3.8, 4) is 0 Å². The highest BCUT2D eigenvalue weighted by Crippen LogP contribution is 2.21. The minimum Gasteiger partial charge on any atom is -0.345 e. The monoisotopic (exact) mass is 440 g/mol. The summed E-state index contributed by atoms with van der Waals surface area (Å²) in [5, 5.41) is 3.98. The largest absolute Gasteiger partial charge is 0.345 e. The lowest BCUT2D eigenvalue weighted by Gasteiger charge is -2.23. The van der Waals surface area contributed by atoms with Crippen molar-refractivity contribution in [2.45, 2.75) is 19.0 Å². The summed E-state index contributed by atoms with van der Waals surface area (Å²) in [6, 6.07) is 23.2. The summed E-state index contributed by atoms with van der Waals surface area (Å²) >= 11 is 12.1. The quantitative estimate of drug-likeness (QED) is 0.526. The summed E-state index contributed by atoms with van der Waals surface area (Å²) in [5.41, 5.74) is 2.21. The maximum absolute atomic E-state index is 12.9. The maximum atomic E-state index is 12.9. The third kappa shape index (κ3) is 5.85. The fraction of sp³-hybridized carbons (Fsp3) is 0.167. The smallest absolute Gasteiger partial charge is 0.253 e. The van der Waals surface area contributed by atoms with E-state index in [1.54, 1.807) is 48.3 Å². The standard InChI is InChI=1S/C24H22Cl2N2O2/c1-28(16-17-11-13-19(25)14-12-17)23(29)15-22(18-7-3-2-4-8-18)27-24(30)20-9-5-6-10-21(20)26/h2-14,22H,15-16H2,1H3,(H,27,30). The number of hydrogen-bond donors (Lipinski definition) is 1. The second-order valence-electron chi connectivity index (χ2n) is 7.00. The Hall–Kier alpha value is -2.82. The lowest BCUT2D eigenvalue weighted by molar-refractivity contribution is -0.130. The van der Waals surface area contributed by atoms with Gasteiger partial charge in [0.05, 0.1) is 23.0 Å². The molecule has 1 atom stereocenters. The van der Waals surface area contributed by atoms with Gasteiger partial charge in [-0.3, -0.25) is 9.59 Å². The average Bonchev–Trinajstić information content (AvgIpc) is 2.75. The summed E-state index contributed by atoms with van der Waals surface area (Å²) in [4.78, 5) is 27.3. The first-order chi connectivity index (χ1) is 14.4. The molecule has 2 amide bonds. The predicted molar refractivity (Wildman–Crippen MR) is 121 cm³/mol. The fourth-order valence-corrected chi connectivity index (χ4v) is 3.45. The van der Waals surface area contributed by atoms with Crippen molar-refractivity contribution >= 4 is 35.0 Å².